The number of hydrogen-bond acceptors (Lipinski definition) is 2. The van der Waals surface area contributed by atoms with Crippen LogP contribution in [0, 0.1) is 17.8 Å². The lowest BCUT2D eigenvalue weighted by atomic mass is 9.80. The van der Waals surface area contributed by atoms with E-state index in [0.29, 0.717) is 12.0 Å². The second-order valence-electron chi connectivity index (χ2n) is 7.26. The Morgan fingerprint density at radius 2 is 2.05 bits per heavy atom. The molecule has 0 spiro atoms. The summed E-state index contributed by atoms with van der Waals surface area (Å²) in [6.45, 7) is 9.40. The highest BCUT2D eigenvalue weighted by molar-refractivity contribution is 7.10. The van der Waals surface area contributed by atoms with Crippen LogP contribution in [-0.4, -0.2) is 6.04 Å². The topological polar surface area (TPSA) is 12.0 Å². The highest BCUT2D eigenvalue weighted by Gasteiger charge is 2.26. The predicted octanol–water partition coefficient (Wildman–Crippen LogP) is 5.64. The Hall–Kier alpha value is -0.340. The Kier molecular flexibility index (Phi) is 6.10. The smallest absolute Gasteiger partial charge is 0.0440 e. The van der Waals surface area contributed by atoms with Gasteiger partial charge in [-0.3, -0.25) is 0 Å². The molecule has 2 rings (SSSR count). The summed E-state index contributed by atoms with van der Waals surface area (Å²) in [5, 5.41) is 6.17. The Labute approximate surface area is 129 Å². The Balaban J connectivity index is 1.93. The molecule has 0 bridgehead atoms. The molecule has 1 fully saturated rings. The predicted molar refractivity (Wildman–Crippen MR) is 90.2 cm³/mol. The van der Waals surface area contributed by atoms with Crippen molar-refractivity contribution < 1.29 is 0 Å². The molecule has 1 aromatic heterocycles. The maximum Gasteiger partial charge on any atom is 0.0440 e. The minimum absolute atomic E-state index is 0.540. The first-order valence-corrected chi connectivity index (χ1v) is 9.23. The third-order valence-electron chi connectivity index (χ3n) is 4.52. The highest BCUT2D eigenvalue weighted by atomic mass is 32.1. The van der Waals surface area contributed by atoms with Gasteiger partial charge in [-0.05, 0) is 48.5 Å². The molecular weight excluding hydrogens is 262 g/mol. The zero-order valence-corrected chi connectivity index (χ0v) is 14.4. The van der Waals surface area contributed by atoms with Gasteiger partial charge in [0.05, 0.1) is 0 Å². The first-order valence-electron chi connectivity index (χ1n) is 8.35. The molecule has 1 N–H and O–H groups in total. The molecule has 1 saturated carbocycles. The van der Waals surface area contributed by atoms with E-state index in [1.54, 1.807) is 0 Å². The summed E-state index contributed by atoms with van der Waals surface area (Å²) in [6, 6.07) is 5.73. The Morgan fingerprint density at radius 3 is 2.65 bits per heavy atom. The molecule has 114 valence electrons. The molecule has 0 aliphatic heterocycles. The first-order chi connectivity index (χ1) is 9.56. The van der Waals surface area contributed by atoms with Gasteiger partial charge in [0.15, 0.2) is 0 Å². The van der Waals surface area contributed by atoms with E-state index >= 15 is 0 Å². The molecule has 0 saturated heterocycles. The van der Waals surface area contributed by atoms with E-state index in [-0.39, 0.29) is 0 Å². The van der Waals surface area contributed by atoms with Crippen LogP contribution in [0.4, 0.5) is 0 Å². The molecule has 2 heteroatoms. The summed E-state index contributed by atoms with van der Waals surface area (Å²) >= 11 is 1.90. The van der Waals surface area contributed by atoms with E-state index in [1.807, 2.05) is 11.3 Å². The van der Waals surface area contributed by atoms with E-state index in [2.05, 4.69) is 50.5 Å². The van der Waals surface area contributed by atoms with Gasteiger partial charge in [0.25, 0.3) is 0 Å². The lowest BCUT2D eigenvalue weighted by Crippen LogP contribution is -2.38. The molecule has 1 aromatic rings. The average Bonchev–Trinajstić information content (AvgIpc) is 2.88. The van der Waals surface area contributed by atoms with Crippen molar-refractivity contribution >= 4 is 11.3 Å². The van der Waals surface area contributed by atoms with E-state index in [9.17, 15) is 0 Å². The normalized spacial score (nSPS) is 25.3. The zero-order valence-electron chi connectivity index (χ0n) is 13.6. The van der Waals surface area contributed by atoms with Crippen molar-refractivity contribution in [2.75, 3.05) is 0 Å². The summed E-state index contributed by atoms with van der Waals surface area (Å²) < 4.78 is 0. The average molecular weight is 294 g/mol. The maximum atomic E-state index is 3.97. The number of hydrogen-bond donors (Lipinski definition) is 1. The van der Waals surface area contributed by atoms with Crippen LogP contribution >= 0.6 is 11.3 Å². The van der Waals surface area contributed by atoms with Crippen LogP contribution in [0.2, 0.25) is 0 Å². The van der Waals surface area contributed by atoms with Crippen molar-refractivity contribution in [3.8, 4) is 0 Å². The van der Waals surface area contributed by atoms with Gasteiger partial charge in [-0.1, -0.05) is 46.6 Å². The van der Waals surface area contributed by atoms with Crippen LogP contribution < -0.4 is 5.32 Å². The van der Waals surface area contributed by atoms with Crippen LogP contribution in [0.5, 0.6) is 0 Å². The van der Waals surface area contributed by atoms with Gasteiger partial charge in [-0.15, -0.1) is 11.3 Å². The first kappa shape index (κ1) is 16.0. The summed E-state index contributed by atoms with van der Waals surface area (Å²) in [6.07, 6.45) is 7.01. The van der Waals surface area contributed by atoms with Gasteiger partial charge in [0.2, 0.25) is 0 Å². The van der Waals surface area contributed by atoms with Crippen LogP contribution in [0.25, 0.3) is 0 Å². The summed E-state index contributed by atoms with van der Waals surface area (Å²) in [5.74, 6) is 2.45. The molecule has 0 amide bonds. The molecule has 0 aromatic carbocycles. The summed E-state index contributed by atoms with van der Waals surface area (Å²) in [5.41, 5.74) is 0. The van der Waals surface area contributed by atoms with Crippen molar-refractivity contribution in [1.29, 1.82) is 0 Å². The van der Waals surface area contributed by atoms with Gasteiger partial charge in [0.1, 0.15) is 0 Å². The molecule has 3 atom stereocenters. The van der Waals surface area contributed by atoms with E-state index in [4.69, 9.17) is 0 Å². The lowest BCUT2D eigenvalue weighted by Gasteiger charge is -2.34. The largest absolute Gasteiger partial charge is 0.306 e. The van der Waals surface area contributed by atoms with Crippen molar-refractivity contribution in [1.82, 2.24) is 5.32 Å². The minimum Gasteiger partial charge on any atom is -0.306 e. The maximum absolute atomic E-state index is 3.97. The van der Waals surface area contributed by atoms with Crippen molar-refractivity contribution in [3.63, 3.8) is 0 Å². The molecule has 1 nitrogen and oxygen atoms in total. The van der Waals surface area contributed by atoms with E-state index < -0.39 is 0 Å². The summed E-state index contributed by atoms with van der Waals surface area (Å²) in [4.78, 5) is 1.51. The number of rotatable bonds is 6. The second-order valence-corrected chi connectivity index (χ2v) is 8.24. The van der Waals surface area contributed by atoms with Crippen LogP contribution in [0.3, 0.4) is 0 Å². The fourth-order valence-corrected chi connectivity index (χ4v) is 4.61. The third-order valence-corrected chi connectivity index (χ3v) is 5.47. The molecular formula is C18H31NS. The fraction of sp³-hybridized carbons (Fsp3) is 0.778. The van der Waals surface area contributed by atoms with Gasteiger partial charge in [-0.2, -0.15) is 0 Å². The minimum atomic E-state index is 0.540. The fourth-order valence-electron chi connectivity index (χ4n) is 3.65. The molecule has 1 heterocycles. The number of nitrogens with one attached hydrogen (secondary N) is 1. The number of thiophene rings is 1. The SMILES string of the molecule is CC(C)CC1CCCC(NC(c2cccs2)C(C)C)C1. The molecule has 20 heavy (non-hydrogen) atoms. The second kappa shape index (κ2) is 7.61. The van der Waals surface area contributed by atoms with Crippen molar-refractivity contribution in [2.45, 2.75) is 71.9 Å². The highest BCUT2D eigenvalue weighted by Crippen LogP contribution is 2.33. The lowest BCUT2D eigenvalue weighted by molar-refractivity contribution is 0.227. The molecule has 0 radical (unpaired) electrons. The quantitative estimate of drug-likeness (QED) is 0.715. The van der Waals surface area contributed by atoms with E-state index in [0.717, 1.165) is 17.9 Å². The Bertz CT molecular complexity index is 369. The van der Waals surface area contributed by atoms with Gasteiger partial charge < -0.3 is 5.32 Å². The zero-order chi connectivity index (χ0) is 14.5. The van der Waals surface area contributed by atoms with E-state index in [1.165, 1.54) is 37.0 Å². The van der Waals surface area contributed by atoms with Gasteiger partial charge in [0, 0.05) is 17.0 Å². The van der Waals surface area contributed by atoms with Gasteiger partial charge in [-0.25, -0.2) is 0 Å². The summed E-state index contributed by atoms with van der Waals surface area (Å²) in [7, 11) is 0. The van der Waals surface area contributed by atoms with Crippen LogP contribution in [0.1, 0.15) is 70.7 Å². The Morgan fingerprint density at radius 1 is 1.25 bits per heavy atom. The van der Waals surface area contributed by atoms with Crippen molar-refractivity contribution in [3.05, 3.63) is 22.4 Å². The molecule has 3 unspecified atom stereocenters. The van der Waals surface area contributed by atoms with Crippen LogP contribution in [-0.2, 0) is 0 Å². The molecule has 1 aliphatic rings. The van der Waals surface area contributed by atoms with Crippen molar-refractivity contribution in [2.24, 2.45) is 17.8 Å². The van der Waals surface area contributed by atoms with Crippen LogP contribution in [0.15, 0.2) is 17.5 Å². The third kappa shape index (κ3) is 4.60. The monoisotopic (exact) mass is 293 g/mol. The standard InChI is InChI=1S/C18H31NS/c1-13(2)11-15-7-5-8-16(12-15)19-18(14(3)4)17-9-6-10-20-17/h6,9-10,13-16,18-19H,5,7-8,11-12H2,1-4H3. The molecule has 1 aliphatic carbocycles. The van der Waals surface area contributed by atoms with Gasteiger partial charge >= 0.3 is 0 Å².